The van der Waals surface area contributed by atoms with Crippen molar-refractivity contribution in [2.75, 3.05) is 31.2 Å². The van der Waals surface area contributed by atoms with Gasteiger partial charge in [-0.05, 0) is 19.1 Å². The zero-order valence-corrected chi connectivity index (χ0v) is 13.4. The van der Waals surface area contributed by atoms with Crippen LogP contribution in [0.5, 0.6) is 0 Å². The summed E-state index contributed by atoms with van der Waals surface area (Å²) in [6.45, 7) is 3.61. The molecule has 1 aliphatic heterocycles. The van der Waals surface area contributed by atoms with Crippen LogP contribution in [0, 0.1) is 0 Å². The lowest BCUT2D eigenvalue weighted by atomic mass is 10.0. The number of ketones is 1. The standard InChI is InChI=1S/C15H14Cl2N2O3/c1-8(20)11-14(19-4-6-22-7-5-19)12-9(16)2-3-10(17)13(12)18-15(11)21/h2-3H,4-7H2,1H3,(H,18,21). The van der Waals surface area contributed by atoms with Gasteiger partial charge in [0, 0.05) is 18.5 Å². The Morgan fingerprint density at radius 3 is 2.50 bits per heavy atom. The molecule has 22 heavy (non-hydrogen) atoms. The number of Topliss-reactive ketones (excluding diaryl/α,β-unsaturated/α-hetero) is 1. The first-order chi connectivity index (χ1) is 10.5. The third-order valence-electron chi connectivity index (χ3n) is 3.72. The molecular formula is C15H14Cl2N2O3. The number of halogens is 2. The van der Waals surface area contributed by atoms with Crippen LogP contribution in [-0.2, 0) is 4.74 Å². The van der Waals surface area contributed by atoms with Gasteiger partial charge in [0.1, 0.15) is 5.56 Å². The number of hydrogen-bond donors (Lipinski definition) is 1. The van der Waals surface area contributed by atoms with E-state index in [2.05, 4.69) is 4.98 Å². The minimum atomic E-state index is -0.453. The summed E-state index contributed by atoms with van der Waals surface area (Å²) in [7, 11) is 0. The molecule has 0 bridgehead atoms. The summed E-state index contributed by atoms with van der Waals surface area (Å²) in [5.74, 6) is -0.305. The van der Waals surface area contributed by atoms with E-state index in [0.29, 0.717) is 52.9 Å². The summed E-state index contributed by atoms with van der Waals surface area (Å²) in [4.78, 5) is 29.0. The van der Waals surface area contributed by atoms with E-state index < -0.39 is 5.56 Å². The van der Waals surface area contributed by atoms with Gasteiger partial charge in [-0.25, -0.2) is 0 Å². The Morgan fingerprint density at radius 1 is 1.23 bits per heavy atom. The van der Waals surface area contributed by atoms with Crippen molar-refractivity contribution in [3.05, 3.63) is 38.1 Å². The number of aromatic nitrogens is 1. The molecule has 1 aromatic carbocycles. The van der Waals surface area contributed by atoms with Crippen molar-refractivity contribution in [2.24, 2.45) is 0 Å². The Morgan fingerprint density at radius 2 is 1.86 bits per heavy atom. The number of fused-ring (bicyclic) bond motifs is 1. The first-order valence-corrected chi connectivity index (χ1v) is 7.64. The highest BCUT2D eigenvalue weighted by molar-refractivity contribution is 6.41. The Balaban J connectivity index is 2.42. The number of anilines is 1. The minimum absolute atomic E-state index is 0.110. The molecule has 0 unspecified atom stereocenters. The van der Waals surface area contributed by atoms with Crippen LogP contribution < -0.4 is 10.5 Å². The monoisotopic (exact) mass is 340 g/mol. The molecule has 2 heterocycles. The lowest BCUT2D eigenvalue weighted by Gasteiger charge is -2.31. The van der Waals surface area contributed by atoms with Gasteiger partial charge in [0.15, 0.2) is 5.78 Å². The van der Waals surface area contributed by atoms with Crippen molar-refractivity contribution in [3.8, 4) is 0 Å². The fourth-order valence-electron chi connectivity index (χ4n) is 2.74. The molecule has 0 spiro atoms. The van der Waals surface area contributed by atoms with Gasteiger partial charge in [-0.1, -0.05) is 23.2 Å². The van der Waals surface area contributed by atoms with Gasteiger partial charge >= 0.3 is 0 Å². The number of nitrogens with one attached hydrogen (secondary N) is 1. The number of carbonyl (C=O) groups excluding carboxylic acids is 1. The molecule has 116 valence electrons. The maximum absolute atomic E-state index is 12.4. The van der Waals surface area contributed by atoms with Crippen LogP contribution in [0.3, 0.4) is 0 Å². The molecule has 2 aromatic rings. The van der Waals surface area contributed by atoms with E-state index in [1.54, 1.807) is 12.1 Å². The Hall–Kier alpha value is -1.56. The number of H-pyrrole nitrogens is 1. The van der Waals surface area contributed by atoms with E-state index in [9.17, 15) is 9.59 Å². The zero-order valence-electron chi connectivity index (χ0n) is 11.9. The first-order valence-electron chi connectivity index (χ1n) is 6.88. The normalized spacial score (nSPS) is 15.3. The lowest BCUT2D eigenvalue weighted by molar-refractivity contribution is 0.101. The number of carbonyl (C=O) groups is 1. The van der Waals surface area contributed by atoms with E-state index in [0.717, 1.165) is 0 Å². The van der Waals surface area contributed by atoms with E-state index >= 15 is 0 Å². The fourth-order valence-corrected chi connectivity index (χ4v) is 3.20. The summed E-state index contributed by atoms with van der Waals surface area (Å²) in [5, 5.41) is 1.43. The van der Waals surface area contributed by atoms with Crippen molar-refractivity contribution in [2.45, 2.75) is 6.92 Å². The molecule has 0 aliphatic carbocycles. The van der Waals surface area contributed by atoms with Gasteiger partial charge in [-0.15, -0.1) is 0 Å². The number of pyridine rings is 1. The average molecular weight is 341 g/mol. The zero-order chi connectivity index (χ0) is 15.9. The van der Waals surface area contributed by atoms with Crippen LogP contribution >= 0.6 is 23.2 Å². The van der Waals surface area contributed by atoms with Crippen molar-refractivity contribution in [1.29, 1.82) is 0 Å². The van der Waals surface area contributed by atoms with Gasteiger partial charge in [-0.2, -0.15) is 0 Å². The Kier molecular flexibility index (Phi) is 4.12. The van der Waals surface area contributed by atoms with Crippen LogP contribution in [0.15, 0.2) is 16.9 Å². The summed E-state index contributed by atoms with van der Waals surface area (Å²) < 4.78 is 5.35. The predicted molar refractivity (Wildman–Crippen MR) is 87.6 cm³/mol. The smallest absolute Gasteiger partial charge is 0.261 e. The van der Waals surface area contributed by atoms with E-state index in [1.165, 1.54) is 6.92 Å². The second kappa shape index (κ2) is 5.91. The summed E-state index contributed by atoms with van der Waals surface area (Å²) in [5.41, 5.74) is 0.650. The molecule has 0 radical (unpaired) electrons. The molecule has 1 fully saturated rings. The highest BCUT2D eigenvalue weighted by Gasteiger charge is 2.25. The molecule has 7 heteroatoms. The Labute approximate surface area is 136 Å². The van der Waals surface area contributed by atoms with E-state index in [-0.39, 0.29) is 11.3 Å². The third-order valence-corrected chi connectivity index (χ3v) is 4.35. The fraction of sp³-hybridized carbons (Fsp3) is 0.333. The molecule has 0 atom stereocenters. The van der Waals surface area contributed by atoms with Gasteiger partial charge in [-0.3, -0.25) is 9.59 Å². The number of hydrogen-bond acceptors (Lipinski definition) is 4. The maximum Gasteiger partial charge on any atom is 0.261 e. The summed E-state index contributed by atoms with van der Waals surface area (Å²) in [6, 6.07) is 3.29. The number of benzene rings is 1. The van der Waals surface area contributed by atoms with E-state index in [4.69, 9.17) is 27.9 Å². The third kappa shape index (κ3) is 2.49. The van der Waals surface area contributed by atoms with Gasteiger partial charge in [0.25, 0.3) is 5.56 Å². The molecule has 1 aromatic heterocycles. The van der Waals surface area contributed by atoms with Crippen molar-refractivity contribution in [3.63, 3.8) is 0 Å². The average Bonchev–Trinajstić information content (AvgIpc) is 2.50. The van der Waals surface area contributed by atoms with Crippen molar-refractivity contribution < 1.29 is 9.53 Å². The maximum atomic E-state index is 12.4. The second-order valence-corrected chi connectivity index (χ2v) is 5.93. The molecule has 1 saturated heterocycles. The molecule has 1 N–H and O–H groups in total. The molecule has 1 aliphatic rings. The number of rotatable bonds is 2. The van der Waals surface area contributed by atoms with Crippen LogP contribution in [0.4, 0.5) is 5.69 Å². The lowest BCUT2D eigenvalue weighted by Crippen LogP contribution is -2.38. The van der Waals surface area contributed by atoms with Crippen LogP contribution in [0.25, 0.3) is 10.9 Å². The largest absolute Gasteiger partial charge is 0.378 e. The van der Waals surface area contributed by atoms with Crippen LogP contribution in [-0.4, -0.2) is 37.1 Å². The Bertz CT molecular complexity index is 811. The minimum Gasteiger partial charge on any atom is -0.378 e. The van der Waals surface area contributed by atoms with Crippen LogP contribution in [0.2, 0.25) is 10.0 Å². The van der Waals surface area contributed by atoms with Crippen molar-refractivity contribution >= 4 is 45.6 Å². The summed E-state index contributed by atoms with van der Waals surface area (Å²) >= 11 is 12.5. The van der Waals surface area contributed by atoms with Crippen LogP contribution in [0.1, 0.15) is 17.3 Å². The van der Waals surface area contributed by atoms with E-state index in [1.807, 2.05) is 4.90 Å². The molecule has 3 rings (SSSR count). The number of aromatic amines is 1. The van der Waals surface area contributed by atoms with Crippen molar-refractivity contribution in [1.82, 2.24) is 4.98 Å². The quantitative estimate of drug-likeness (QED) is 0.854. The molecule has 0 amide bonds. The highest BCUT2D eigenvalue weighted by Crippen LogP contribution is 2.37. The van der Waals surface area contributed by atoms with Gasteiger partial charge < -0.3 is 14.6 Å². The molecule has 5 nitrogen and oxygen atoms in total. The van der Waals surface area contributed by atoms with Gasteiger partial charge in [0.05, 0.1) is 34.5 Å². The summed E-state index contributed by atoms with van der Waals surface area (Å²) in [6.07, 6.45) is 0. The topological polar surface area (TPSA) is 62.4 Å². The highest BCUT2D eigenvalue weighted by atomic mass is 35.5. The SMILES string of the molecule is CC(=O)c1c(N2CCOCC2)c2c(Cl)ccc(Cl)c2[nH]c1=O. The molecular weight excluding hydrogens is 327 g/mol. The first kappa shape index (κ1) is 15.3. The van der Waals surface area contributed by atoms with Gasteiger partial charge in [0.2, 0.25) is 0 Å². The number of nitrogens with zero attached hydrogens (tertiary/aromatic N) is 1. The number of morpholine rings is 1. The second-order valence-electron chi connectivity index (χ2n) is 5.11. The molecule has 0 saturated carbocycles. The predicted octanol–water partition coefficient (Wildman–Crippen LogP) is 2.87. The number of ether oxygens (including phenoxy) is 1.